The van der Waals surface area contributed by atoms with Gasteiger partial charge in [-0.25, -0.2) is 18.7 Å². The zero-order chi connectivity index (χ0) is 22.6. The Labute approximate surface area is 177 Å². The van der Waals surface area contributed by atoms with E-state index in [4.69, 9.17) is 4.42 Å². The number of hydrogen-bond acceptors (Lipinski definition) is 6. The zero-order valence-corrected chi connectivity index (χ0v) is 16.3. The van der Waals surface area contributed by atoms with Crippen LogP contribution in [0.25, 0.3) is 28.4 Å². The highest BCUT2D eigenvalue weighted by molar-refractivity contribution is 6.13. The van der Waals surface area contributed by atoms with Gasteiger partial charge in [-0.15, -0.1) is 0 Å². The minimum atomic E-state index is -1.02. The van der Waals surface area contributed by atoms with Crippen LogP contribution in [-0.4, -0.2) is 35.5 Å². The maximum absolute atomic E-state index is 14.8. The third kappa shape index (κ3) is 2.90. The van der Waals surface area contributed by atoms with E-state index in [2.05, 4.69) is 19.9 Å². The first-order chi connectivity index (χ1) is 15.3. The normalized spacial score (nSPS) is 11.3. The molecule has 32 heavy (non-hydrogen) atoms. The van der Waals surface area contributed by atoms with E-state index in [-0.39, 0.29) is 28.6 Å². The van der Waals surface area contributed by atoms with Crippen molar-refractivity contribution >= 4 is 16.9 Å². The molecule has 0 aliphatic heterocycles. The average molecular weight is 438 g/mol. The quantitative estimate of drug-likeness (QED) is 0.370. The molecule has 5 rings (SSSR count). The van der Waals surface area contributed by atoms with Gasteiger partial charge in [0.15, 0.2) is 5.76 Å². The van der Waals surface area contributed by atoms with Gasteiger partial charge in [0.2, 0.25) is 11.5 Å². The van der Waals surface area contributed by atoms with Gasteiger partial charge in [-0.05, 0) is 36.2 Å². The third-order valence-corrected chi connectivity index (χ3v) is 4.92. The number of nitrogens with zero attached hydrogens (tertiary/aromatic N) is 3. The number of imidazole rings is 1. The molecule has 0 spiro atoms. The number of ketones is 1. The van der Waals surface area contributed by atoms with Crippen molar-refractivity contribution in [1.29, 1.82) is 0 Å². The van der Waals surface area contributed by atoms with E-state index in [0.717, 1.165) is 16.7 Å². The third-order valence-electron chi connectivity index (χ3n) is 4.92. The molecule has 0 atom stereocenters. The van der Waals surface area contributed by atoms with Crippen molar-refractivity contribution in [3.05, 3.63) is 71.6 Å². The fraction of sp³-hybridized carbons (Fsp3) is 0.0476. The molecule has 0 bridgehead atoms. The van der Waals surface area contributed by atoms with Crippen molar-refractivity contribution in [2.24, 2.45) is 0 Å². The Morgan fingerprint density at radius 2 is 2.03 bits per heavy atom. The summed E-state index contributed by atoms with van der Waals surface area (Å²) in [7, 11) is 0. The maximum Gasteiger partial charge on any atom is 0.406 e. The molecule has 9 nitrogen and oxygen atoms in total. The predicted octanol–water partition coefficient (Wildman–Crippen LogP) is 3.05. The lowest BCUT2D eigenvalue weighted by molar-refractivity contribution is -0.375. The molecule has 0 unspecified atom stereocenters. The van der Waals surface area contributed by atoms with E-state index >= 15 is 0 Å². The SMILES string of the molecule is Cc1ccc(C(=O)c2c(O)c(O)n(-c3nc4nc[nH]c4c[nH+]3)c2-c2ccc(F)cc2F)o1. The minimum Gasteiger partial charge on any atom is -0.501 e. The number of aryl methyl sites for hydroxylation is 1. The summed E-state index contributed by atoms with van der Waals surface area (Å²) in [4.78, 5) is 27.1. The maximum atomic E-state index is 14.8. The van der Waals surface area contributed by atoms with Crippen LogP contribution in [0.15, 0.2) is 47.3 Å². The number of aromatic nitrogens is 5. The summed E-state index contributed by atoms with van der Waals surface area (Å²) in [6, 6.07) is 5.63. The summed E-state index contributed by atoms with van der Waals surface area (Å²) in [5.41, 5.74) is -0.159. The Hall–Kier alpha value is -4.54. The smallest absolute Gasteiger partial charge is 0.406 e. The van der Waals surface area contributed by atoms with Gasteiger partial charge in [0, 0.05) is 6.07 Å². The number of hydrogen-bond donors (Lipinski definition) is 3. The molecule has 0 saturated heterocycles. The number of rotatable bonds is 4. The number of aromatic hydroxyl groups is 2. The van der Waals surface area contributed by atoms with Gasteiger partial charge in [0.1, 0.15) is 34.2 Å². The molecule has 5 aromatic rings. The molecule has 0 aliphatic carbocycles. The molecule has 0 radical (unpaired) electrons. The first kappa shape index (κ1) is 19.4. The standard InChI is InChI=1S/C21H13F2N5O4/c1-9-2-5-14(32-9)17(29)15-16(11-4-3-10(22)6-12(11)23)28(20(31)18(15)30)21-24-7-13-19(27-21)26-8-25-13/h2-8,30-31H,1H3,(H,24,25,26,27)/p+1. The first-order valence-corrected chi connectivity index (χ1v) is 9.30. The monoisotopic (exact) mass is 438 g/mol. The molecule has 4 N–H and O–H groups in total. The summed E-state index contributed by atoms with van der Waals surface area (Å²) >= 11 is 0. The largest absolute Gasteiger partial charge is 0.501 e. The Morgan fingerprint density at radius 1 is 1.22 bits per heavy atom. The number of fused-ring (bicyclic) bond motifs is 1. The van der Waals surface area contributed by atoms with Crippen LogP contribution in [0.5, 0.6) is 11.6 Å². The number of carbonyl (C=O) groups is 1. The molecular weight excluding hydrogens is 424 g/mol. The number of aromatic amines is 2. The van der Waals surface area contributed by atoms with Crippen LogP contribution in [0.1, 0.15) is 21.9 Å². The van der Waals surface area contributed by atoms with Gasteiger partial charge < -0.3 is 19.6 Å². The van der Waals surface area contributed by atoms with E-state index in [9.17, 15) is 23.8 Å². The summed E-state index contributed by atoms with van der Waals surface area (Å²) in [5.74, 6) is -4.06. The lowest BCUT2D eigenvalue weighted by Gasteiger charge is -2.06. The second-order valence-electron chi connectivity index (χ2n) is 6.96. The molecular formula is C21H14F2N5O4+. The fourth-order valence-corrected chi connectivity index (χ4v) is 3.46. The number of nitrogens with one attached hydrogen (secondary N) is 2. The fourth-order valence-electron chi connectivity index (χ4n) is 3.46. The van der Waals surface area contributed by atoms with Gasteiger partial charge in [0.25, 0.3) is 5.65 Å². The average Bonchev–Trinajstić information content (AvgIpc) is 3.46. The van der Waals surface area contributed by atoms with Crippen molar-refractivity contribution in [2.75, 3.05) is 0 Å². The van der Waals surface area contributed by atoms with Crippen LogP contribution in [0.3, 0.4) is 0 Å². The molecule has 4 heterocycles. The Kier molecular flexibility index (Phi) is 4.26. The summed E-state index contributed by atoms with van der Waals surface area (Å²) in [6.07, 6.45) is 2.89. The van der Waals surface area contributed by atoms with Gasteiger partial charge in [-0.1, -0.05) is 0 Å². The van der Waals surface area contributed by atoms with Crippen molar-refractivity contribution in [3.8, 4) is 28.8 Å². The van der Waals surface area contributed by atoms with Crippen molar-refractivity contribution in [1.82, 2.24) is 19.5 Å². The molecule has 1 aromatic carbocycles. The number of furan rings is 1. The van der Waals surface area contributed by atoms with Crippen molar-refractivity contribution in [3.63, 3.8) is 0 Å². The molecule has 160 valence electrons. The lowest BCUT2D eigenvalue weighted by Crippen LogP contribution is -2.17. The summed E-state index contributed by atoms with van der Waals surface area (Å²) < 4.78 is 34.7. The van der Waals surface area contributed by atoms with Gasteiger partial charge in [-0.3, -0.25) is 4.79 Å². The van der Waals surface area contributed by atoms with Crippen LogP contribution in [0.4, 0.5) is 8.78 Å². The topological polar surface area (TPSA) is 131 Å². The Bertz CT molecular complexity index is 1520. The van der Waals surface area contributed by atoms with Crippen molar-refractivity contribution < 1.29 is 33.2 Å². The highest BCUT2D eigenvalue weighted by Gasteiger charge is 2.37. The van der Waals surface area contributed by atoms with Crippen LogP contribution in [0.2, 0.25) is 0 Å². The highest BCUT2D eigenvalue weighted by atomic mass is 19.1. The predicted molar refractivity (Wildman–Crippen MR) is 105 cm³/mol. The Morgan fingerprint density at radius 3 is 2.75 bits per heavy atom. The van der Waals surface area contributed by atoms with Gasteiger partial charge in [0.05, 0.1) is 18.1 Å². The molecule has 0 saturated carbocycles. The van der Waals surface area contributed by atoms with E-state index in [1.165, 1.54) is 18.6 Å². The second kappa shape index (κ2) is 7.01. The summed E-state index contributed by atoms with van der Waals surface area (Å²) in [6.45, 7) is 1.62. The molecule has 0 aliphatic rings. The van der Waals surface area contributed by atoms with E-state index < -0.39 is 34.6 Å². The molecule has 4 aromatic heterocycles. The number of halogens is 2. The molecule has 0 fully saturated rings. The van der Waals surface area contributed by atoms with Crippen molar-refractivity contribution in [2.45, 2.75) is 6.92 Å². The van der Waals surface area contributed by atoms with Crippen LogP contribution >= 0.6 is 0 Å². The first-order valence-electron chi connectivity index (χ1n) is 9.30. The molecule has 11 heteroatoms. The van der Waals surface area contributed by atoms with Gasteiger partial charge in [-0.2, -0.15) is 4.57 Å². The van der Waals surface area contributed by atoms with Crippen LogP contribution < -0.4 is 4.98 Å². The number of benzene rings is 1. The minimum absolute atomic E-state index is 0.0780. The molecule has 0 amide bonds. The number of H-pyrrole nitrogens is 2. The highest BCUT2D eigenvalue weighted by Crippen LogP contribution is 2.44. The van der Waals surface area contributed by atoms with Gasteiger partial charge >= 0.3 is 11.8 Å². The van der Waals surface area contributed by atoms with Crippen LogP contribution in [-0.2, 0) is 0 Å². The lowest BCUT2D eigenvalue weighted by atomic mass is 10.0. The second-order valence-corrected chi connectivity index (χ2v) is 6.96. The van der Waals surface area contributed by atoms with E-state index in [0.29, 0.717) is 17.3 Å². The zero-order valence-electron chi connectivity index (χ0n) is 16.3. The van der Waals surface area contributed by atoms with Crippen LogP contribution in [0, 0.1) is 18.6 Å². The van der Waals surface area contributed by atoms with E-state index in [1.807, 2.05) is 0 Å². The van der Waals surface area contributed by atoms with E-state index in [1.54, 1.807) is 13.0 Å². The summed E-state index contributed by atoms with van der Waals surface area (Å²) in [5, 5.41) is 21.4. The Balaban J connectivity index is 1.84. The number of carbonyl (C=O) groups excluding carboxylic acids is 1.